The van der Waals surface area contributed by atoms with Crippen LogP contribution >= 0.6 is 11.6 Å². The second kappa shape index (κ2) is 4.73. The minimum atomic E-state index is 0.161. The number of benzene rings is 1. The molecule has 1 aliphatic heterocycles. The van der Waals surface area contributed by atoms with Gasteiger partial charge in [0, 0.05) is 12.6 Å². The van der Waals surface area contributed by atoms with Gasteiger partial charge < -0.3 is 15.2 Å². The van der Waals surface area contributed by atoms with E-state index in [0.717, 1.165) is 25.9 Å². The van der Waals surface area contributed by atoms with Crippen LogP contribution in [0.25, 0.3) is 0 Å². The highest BCUT2D eigenvalue weighted by Gasteiger charge is 2.15. The third kappa shape index (κ3) is 2.76. The van der Waals surface area contributed by atoms with Crippen molar-refractivity contribution in [2.45, 2.75) is 18.9 Å². The Hall–Kier alpha value is -0.930. The fourth-order valence-corrected chi connectivity index (χ4v) is 1.90. The minimum absolute atomic E-state index is 0.161. The first-order valence-electron chi connectivity index (χ1n) is 5.11. The Balaban J connectivity index is 2.03. The van der Waals surface area contributed by atoms with Crippen molar-refractivity contribution in [1.82, 2.24) is 5.32 Å². The number of hydrogen-bond acceptors (Lipinski definition) is 3. The largest absolute Gasteiger partial charge is 0.508 e. The Morgan fingerprint density at radius 1 is 1.47 bits per heavy atom. The zero-order chi connectivity index (χ0) is 10.7. The van der Waals surface area contributed by atoms with Gasteiger partial charge in [-0.3, -0.25) is 0 Å². The number of rotatable bonds is 2. The van der Waals surface area contributed by atoms with Crippen molar-refractivity contribution in [3.63, 3.8) is 0 Å². The van der Waals surface area contributed by atoms with Gasteiger partial charge >= 0.3 is 0 Å². The Morgan fingerprint density at radius 2 is 2.33 bits per heavy atom. The predicted molar refractivity (Wildman–Crippen MR) is 59.6 cm³/mol. The van der Waals surface area contributed by atoms with Crippen molar-refractivity contribution in [3.8, 4) is 11.5 Å². The number of phenolic OH excluding ortho intramolecular Hbond substituents is 1. The second-order valence-electron chi connectivity index (χ2n) is 3.70. The van der Waals surface area contributed by atoms with E-state index in [1.807, 2.05) is 0 Å². The molecule has 0 amide bonds. The maximum Gasteiger partial charge on any atom is 0.138 e. The van der Waals surface area contributed by atoms with E-state index in [1.54, 1.807) is 12.1 Å². The van der Waals surface area contributed by atoms with Crippen LogP contribution in [0.2, 0.25) is 5.02 Å². The van der Waals surface area contributed by atoms with E-state index >= 15 is 0 Å². The number of piperidine rings is 1. The van der Waals surface area contributed by atoms with Gasteiger partial charge in [-0.05, 0) is 31.5 Å². The van der Waals surface area contributed by atoms with Crippen molar-refractivity contribution >= 4 is 11.6 Å². The van der Waals surface area contributed by atoms with Crippen LogP contribution in [0, 0.1) is 0 Å². The molecule has 2 N–H and O–H groups in total. The summed E-state index contributed by atoms with van der Waals surface area (Å²) < 4.78 is 5.74. The summed E-state index contributed by atoms with van der Waals surface area (Å²) in [6, 6.07) is 4.77. The van der Waals surface area contributed by atoms with Gasteiger partial charge in [-0.1, -0.05) is 11.6 Å². The van der Waals surface area contributed by atoms with Crippen molar-refractivity contribution < 1.29 is 9.84 Å². The Labute approximate surface area is 94.0 Å². The lowest BCUT2D eigenvalue weighted by Crippen LogP contribution is -2.37. The maximum atomic E-state index is 9.19. The lowest BCUT2D eigenvalue weighted by Gasteiger charge is -2.24. The molecule has 0 aliphatic carbocycles. The molecule has 82 valence electrons. The summed E-state index contributed by atoms with van der Waals surface area (Å²) in [5, 5.41) is 12.9. The molecule has 3 nitrogen and oxygen atoms in total. The fourth-order valence-electron chi connectivity index (χ4n) is 1.69. The lowest BCUT2D eigenvalue weighted by atomic mass is 10.1. The van der Waals surface area contributed by atoms with E-state index in [-0.39, 0.29) is 11.9 Å². The first kappa shape index (κ1) is 10.6. The predicted octanol–water partition coefficient (Wildman–Crippen LogP) is 2.18. The van der Waals surface area contributed by atoms with Gasteiger partial charge in [-0.15, -0.1) is 0 Å². The summed E-state index contributed by atoms with van der Waals surface area (Å²) in [6.45, 7) is 1.92. The van der Waals surface area contributed by atoms with Crippen LogP contribution in [0.3, 0.4) is 0 Å². The molecule has 2 rings (SSSR count). The molecule has 1 heterocycles. The van der Waals surface area contributed by atoms with Gasteiger partial charge in [0.1, 0.15) is 17.6 Å². The number of halogens is 1. The van der Waals surface area contributed by atoms with Gasteiger partial charge in [-0.2, -0.15) is 0 Å². The number of nitrogens with one attached hydrogen (secondary N) is 1. The second-order valence-corrected chi connectivity index (χ2v) is 4.11. The standard InChI is InChI=1S/C11H14ClNO2/c12-10-6-8(14)3-4-11(10)15-9-2-1-5-13-7-9/h3-4,6,9,13-14H,1-2,5,7H2. The van der Waals surface area contributed by atoms with Crippen molar-refractivity contribution in [3.05, 3.63) is 23.2 Å². The summed E-state index contributed by atoms with van der Waals surface area (Å²) in [6.07, 6.45) is 2.35. The first-order chi connectivity index (χ1) is 7.25. The van der Waals surface area contributed by atoms with E-state index in [9.17, 15) is 5.11 Å². The fraction of sp³-hybridized carbons (Fsp3) is 0.455. The molecule has 0 aromatic heterocycles. The van der Waals surface area contributed by atoms with E-state index in [4.69, 9.17) is 16.3 Å². The molecular weight excluding hydrogens is 214 g/mol. The average molecular weight is 228 g/mol. The highest BCUT2D eigenvalue weighted by Crippen LogP contribution is 2.29. The number of phenols is 1. The highest BCUT2D eigenvalue weighted by molar-refractivity contribution is 6.32. The van der Waals surface area contributed by atoms with Crippen molar-refractivity contribution in [2.24, 2.45) is 0 Å². The van der Waals surface area contributed by atoms with Gasteiger partial charge in [0.15, 0.2) is 0 Å². The average Bonchev–Trinajstić information content (AvgIpc) is 2.24. The van der Waals surface area contributed by atoms with Gasteiger partial charge in [0.2, 0.25) is 0 Å². The SMILES string of the molecule is Oc1ccc(OC2CCCNC2)c(Cl)c1. The molecular formula is C11H14ClNO2. The molecule has 0 radical (unpaired) electrons. The monoisotopic (exact) mass is 227 g/mol. The molecule has 0 bridgehead atoms. The Bertz CT molecular complexity index is 337. The van der Waals surface area contributed by atoms with E-state index in [0.29, 0.717) is 10.8 Å². The molecule has 1 aromatic carbocycles. The highest BCUT2D eigenvalue weighted by atomic mass is 35.5. The van der Waals surface area contributed by atoms with E-state index in [1.165, 1.54) is 6.07 Å². The van der Waals surface area contributed by atoms with E-state index < -0.39 is 0 Å². The van der Waals surface area contributed by atoms with E-state index in [2.05, 4.69) is 5.32 Å². The van der Waals surface area contributed by atoms with Gasteiger partial charge in [0.25, 0.3) is 0 Å². The number of aromatic hydroxyl groups is 1. The molecule has 1 fully saturated rings. The normalized spacial score (nSPS) is 21.3. The maximum absolute atomic E-state index is 9.19. The quantitative estimate of drug-likeness (QED) is 0.814. The summed E-state index contributed by atoms with van der Waals surface area (Å²) in [7, 11) is 0. The molecule has 1 aromatic rings. The smallest absolute Gasteiger partial charge is 0.138 e. The van der Waals surface area contributed by atoms with Gasteiger partial charge in [0.05, 0.1) is 5.02 Å². The topological polar surface area (TPSA) is 41.5 Å². The molecule has 15 heavy (non-hydrogen) atoms. The van der Waals surface area contributed by atoms with Crippen molar-refractivity contribution in [2.75, 3.05) is 13.1 Å². The van der Waals surface area contributed by atoms with Crippen LogP contribution in [0.5, 0.6) is 11.5 Å². The molecule has 0 spiro atoms. The first-order valence-corrected chi connectivity index (χ1v) is 5.49. The van der Waals surface area contributed by atoms with Crippen LogP contribution in [0.1, 0.15) is 12.8 Å². The zero-order valence-electron chi connectivity index (χ0n) is 8.37. The third-order valence-corrected chi connectivity index (χ3v) is 2.76. The summed E-state index contributed by atoms with van der Waals surface area (Å²) in [4.78, 5) is 0. The summed E-state index contributed by atoms with van der Waals surface area (Å²) in [5.41, 5.74) is 0. The summed E-state index contributed by atoms with van der Waals surface area (Å²) in [5.74, 6) is 0.803. The van der Waals surface area contributed by atoms with Crippen LogP contribution in [0.4, 0.5) is 0 Å². The lowest BCUT2D eigenvalue weighted by molar-refractivity contribution is 0.167. The molecule has 1 unspecified atom stereocenters. The third-order valence-electron chi connectivity index (χ3n) is 2.46. The molecule has 1 saturated heterocycles. The van der Waals surface area contributed by atoms with Crippen molar-refractivity contribution in [1.29, 1.82) is 0 Å². The molecule has 4 heteroatoms. The molecule has 1 aliphatic rings. The minimum Gasteiger partial charge on any atom is -0.508 e. The summed E-state index contributed by atoms with van der Waals surface area (Å²) >= 11 is 5.94. The van der Waals surface area contributed by atoms with Gasteiger partial charge in [-0.25, -0.2) is 0 Å². The molecule has 1 atom stereocenters. The Morgan fingerprint density at radius 3 is 3.00 bits per heavy atom. The van der Waals surface area contributed by atoms with Crippen LogP contribution in [-0.2, 0) is 0 Å². The number of ether oxygens (including phenoxy) is 1. The van der Waals surface area contributed by atoms with Crippen LogP contribution in [0.15, 0.2) is 18.2 Å². The van der Waals surface area contributed by atoms with Crippen LogP contribution in [-0.4, -0.2) is 24.3 Å². The zero-order valence-corrected chi connectivity index (χ0v) is 9.13. The van der Waals surface area contributed by atoms with Crippen LogP contribution < -0.4 is 10.1 Å². The number of hydrogen-bond donors (Lipinski definition) is 2. The Kier molecular flexibility index (Phi) is 3.34. The molecule has 0 saturated carbocycles.